The summed E-state index contributed by atoms with van der Waals surface area (Å²) >= 11 is 6.26. The predicted molar refractivity (Wildman–Crippen MR) is 113 cm³/mol. The number of hydrogen-bond donors (Lipinski definition) is 1. The van der Waals surface area contributed by atoms with E-state index in [9.17, 15) is 10.1 Å². The van der Waals surface area contributed by atoms with Gasteiger partial charge in [0.1, 0.15) is 17.4 Å². The number of benzene rings is 2. The fourth-order valence-electron chi connectivity index (χ4n) is 2.55. The molecule has 1 N–H and O–H groups in total. The van der Waals surface area contributed by atoms with Gasteiger partial charge in [0.15, 0.2) is 0 Å². The minimum absolute atomic E-state index is 0.0476. The van der Waals surface area contributed by atoms with Gasteiger partial charge in [-0.3, -0.25) is 4.79 Å². The van der Waals surface area contributed by atoms with Crippen molar-refractivity contribution < 1.29 is 9.53 Å². The number of carbonyl (C=O) groups excluding carboxylic acids is 1. The van der Waals surface area contributed by atoms with Crippen molar-refractivity contribution >= 4 is 23.6 Å². The minimum Gasteiger partial charge on any atom is -0.489 e. The van der Waals surface area contributed by atoms with Crippen LogP contribution in [0.1, 0.15) is 37.8 Å². The summed E-state index contributed by atoms with van der Waals surface area (Å²) < 4.78 is 5.73. The van der Waals surface area contributed by atoms with Crippen LogP contribution in [-0.2, 0) is 11.2 Å². The van der Waals surface area contributed by atoms with Crippen molar-refractivity contribution in [3.8, 4) is 11.8 Å². The van der Waals surface area contributed by atoms with Gasteiger partial charge < -0.3 is 10.1 Å². The van der Waals surface area contributed by atoms with Gasteiger partial charge in [0, 0.05) is 6.54 Å². The van der Waals surface area contributed by atoms with E-state index in [0.717, 1.165) is 19.3 Å². The zero-order chi connectivity index (χ0) is 20.4. The van der Waals surface area contributed by atoms with Gasteiger partial charge >= 0.3 is 0 Å². The molecule has 2 aromatic rings. The normalized spacial score (nSPS) is 12.1. The molecule has 146 valence electrons. The maximum absolute atomic E-state index is 12.3. The third kappa shape index (κ3) is 6.75. The van der Waals surface area contributed by atoms with Crippen LogP contribution < -0.4 is 10.1 Å². The van der Waals surface area contributed by atoms with E-state index in [-0.39, 0.29) is 17.6 Å². The molecule has 5 heteroatoms. The SMILES string of the molecule is CC[C@@H](C)Oc1ccc(/C=C(/C#N)C(=O)NCCCc2ccccc2)cc1Cl. The first kappa shape index (κ1) is 21.5. The average molecular weight is 397 g/mol. The van der Waals surface area contributed by atoms with Gasteiger partial charge in [-0.1, -0.05) is 54.9 Å². The topological polar surface area (TPSA) is 62.1 Å². The fraction of sp³-hybridized carbons (Fsp3) is 0.304. The molecule has 0 heterocycles. The first-order chi connectivity index (χ1) is 13.5. The third-order valence-electron chi connectivity index (χ3n) is 4.31. The Morgan fingerprint density at radius 1 is 1.29 bits per heavy atom. The van der Waals surface area contributed by atoms with E-state index < -0.39 is 0 Å². The number of nitrogens with zero attached hydrogens (tertiary/aromatic N) is 1. The van der Waals surface area contributed by atoms with E-state index in [1.807, 2.05) is 38.1 Å². The summed E-state index contributed by atoms with van der Waals surface area (Å²) in [6.45, 7) is 4.52. The highest BCUT2D eigenvalue weighted by Gasteiger charge is 2.10. The summed E-state index contributed by atoms with van der Waals surface area (Å²) in [6, 6.07) is 17.3. The molecule has 0 radical (unpaired) electrons. The van der Waals surface area contributed by atoms with E-state index in [4.69, 9.17) is 16.3 Å². The maximum atomic E-state index is 12.3. The Morgan fingerprint density at radius 3 is 2.68 bits per heavy atom. The lowest BCUT2D eigenvalue weighted by molar-refractivity contribution is -0.117. The molecule has 0 bridgehead atoms. The van der Waals surface area contributed by atoms with Crippen LogP contribution in [-0.4, -0.2) is 18.6 Å². The molecule has 0 saturated heterocycles. The highest BCUT2D eigenvalue weighted by atomic mass is 35.5. The van der Waals surface area contributed by atoms with Crippen LogP contribution in [0.4, 0.5) is 0 Å². The molecule has 0 aliphatic rings. The van der Waals surface area contributed by atoms with E-state index in [1.165, 1.54) is 11.6 Å². The van der Waals surface area contributed by atoms with Crippen LogP contribution in [0.3, 0.4) is 0 Å². The Balaban J connectivity index is 1.93. The number of ether oxygens (including phenoxy) is 1. The maximum Gasteiger partial charge on any atom is 0.261 e. The molecule has 0 unspecified atom stereocenters. The van der Waals surface area contributed by atoms with Crippen molar-refractivity contribution in [1.29, 1.82) is 5.26 Å². The van der Waals surface area contributed by atoms with Gasteiger partial charge in [-0.25, -0.2) is 0 Å². The third-order valence-corrected chi connectivity index (χ3v) is 4.60. The van der Waals surface area contributed by atoms with E-state index >= 15 is 0 Å². The first-order valence-electron chi connectivity index (χ1n) is 9.43. The summed E-state index contributed by atoms with van der Waals surface area (Å²) in [5.74, 6) is 0.212. The molecular formula is C23H25ClN2O2. The molecule has 28 heavy (non-hydrogen) atoms. The van der Waals surface area contributed by atoms with Crippen molar-refractivity contribution in [2.75, 3.05) is 6.54 Å². The molecule has 0 saturated carbocycles. The quantitative estimate of drug-likeness (QED) is 0.361. The lowest BCUT2D eigenvalue weighted by atomic mass is 10.1. The number of nitriles is 1. The average Bonchev–Trinajstić information content (AvgIpc) is 2.71. The Kier molecular flexibility index (Phi) is 8.58. The lowest BCUT2D eigenvalue weighted by Gasteiger charge is -2.14. The Labute approximate surface area is 171 Å². The molecule has 1 amide bonds. The van der Waals surface area contributed by atoms with Gasteiger partial charge in [-0.05, 0) is 55.5 Å². The van der Waals surface area contributed by atoms with Crippen LogP contribution in [0.5, 0.6) is 5.75 Å². The summed E-state index contributed by atoms with van der Waals surface area (Å²) in [5.41, 5.74) is 1.95. The van der Waals surface area contributed by atoms with Gasteiger partial charge in [-0.2, -0.15) is 5.26 Å². The highest BCUT2D eigenvalue weighted by Crippen LogP contribution is 2.27. The standard InChI is InChI=1S/C23H25ClN2O2/c1-3-17(2)28-22-12-11-19(15-21(22)24)14-20(16-25)23(27)26-13-7-10-18-8-5-4-6-9-18/h4-6,8-9,11-12,14-15,17H,3,7,10,13H2,1-2H3,(H,26,27)/b20-14-/t17-/m1/s1. The molecule has 0 aliphatic carbocycles. The second-order valence-electron chi connectivity index (χ2n) is 6.54. The summed E-state index contributed by atoms with van der Waals surface area (Å²) in [5, 5.41) is 12.6. The molecule has 0 aliphatic heterocycles. The van der Waals surface area contributed by atoms with Crippen LogP contribution in [0.25, 0.3) is 6.08 Å². The van der Waals surface area contributed by atoms with E-state index in [0.29, 0.717) is 22.9 Å². The molecular weight excluding hydrogens is 372 g/mol. The van der Waals surface area contributed by atoms with Crippen molar-refractivity contribution in [2.24, 2.45) is 0 Å². The Hall–Kier alpha value is -2.77. The van der Waals surface area contributed by atoms with Gasteiger partial charge in [-0.15, -0.1) is 0 Å². The van der Waals surface area contributed by atoms with Gasteiger partial charge in [0.05, 0.1) is 11.1 Å². The summed E-state index contributed by atoms with van der Waals surface area (Å²) in [6.07, 6.45) is 4.16. The zero-order valence-corrected chi connectivity index (χ0v) is 17.0. The second-order valence-corrected chi connectivity index (χ2v) is 6.95. The second kappa shape index (κ2) is 11.2. The van der Waals surface area contributed by atoms with Crippen molar-refractivity contribution in [1.82, 2.24) is 5.32 Å². The number of rotatable bonds is 9. The predicted octanol–water partition coefficient (Wildman–Crippen LogP) is 5.17. The van der Waals surface area contributed by atoms with Crippen molar-refractivity contribution in [2.45, 2.75) is 39.2 Å². The van der Waals surface area contributed by atoms with E-state index in [1.54, 1.807) is 18.2 Å². The minimum atomic E-state index is -0.383. The summed E-state index contributed by atoms with van der Waals surface area (Å²) in [7, 11) is 0. The Bertz CT molecular complexity index is 857. The molecule has 0 spiro atoms. The van der Waals surface area contributed by atoms with Crippen molar-refractivity contribution in [3.63, 3.8) is 0 Å². The smallest absolute Gasteiger partial charge is 0.261 e. The Morgan fingerprint density at radius 2 is 2.04 bits per heavy atom. The highest BCUT2D eigenvalue weighted by molar-refractivity contribution is 6.32. The largest absolute Gasteiger partial charge is 0.489 e. The lowest BCUT2D eigenvalue weighted by Crippen LogP contribution is -2.25. The van der Waals surface area contributed by atoms with Gasteiger partial charge in [0.25, 0.3) is 5.91 Å². The number of halogens is 1. The molecule has 4 nitrogen and oxygen atoms in total. The molecule has 2 rings (SSSR count). The number of hydrogen-bond acceptors (Lipinski definition) is 3. The summed E-state index contributed by atoms with van der Waals surface area (Å²) in [4.78, 5) is 12.3. The van der Waals surface area contributed by atoms with E-state index in [2.05, 4.69) is 17.4 Å². The van der Waals surface area contributed by atoms with Crippen LogP contribution in [0, 0.1) is 11.3 Å². The number of aryl methyl sites for hydroxylation is 1. The number of nitrogens with one attached hydrogen (secondary N) is 1. The van der Waals surface area contributed by atoms with Crippen molar-refractivity contribution in [3.05, 3.63) is 70.3 Å². The number of carbonyl (C=O) groups is 1. The molecule has 1 atom stereocenters. The molecule has 2 aromatic carbocycles. The van der Waals surface area contributed by atoms with Crippen LogP contribution in [0.2, 0.25) is 5.02 Å². The molecule has 0 fully saturated rings. The fourth-order valence-corrected chi connectivity index (χ4v) is 2.79. The number of amides is 1. The first-order valence-corrected chi connectivity index (χ1v) is 9.81. The molecule has 0 aromatic heterocycles. The monoisotopic (exact) mass is 396 g/mol. The van der Waals surface area contributed by atoms with Crippen LogP contribution >= 0.6 is 11.6 Å². The zero-order valence-electron chi connectivity index (χ0n) is 16.2. The van der Waals surface area contributed by atoms with Gasteiger partial charge in [0.2, 0.25) is 0 Å². The van der Waals surface area contributed by atoms with Crippen LogP contribution in [0.15, 0.2) is 54.1 Å².